The van der Waals surface area contributed by atoms with Crippen LogP contribution in [0.2, 0.25) is 0 Å². The third-order valence-corrected chi connectivity index (χ3v) is 6.99. The Bertz CT molecular complexity index is 853. The third kappa shape index (κ3) is 4.22. The highest BCUT2D eigenvalue weighted by atomic mass is 19.1. The maximum atomic E-state index is 14.8. The van der Waals surface area contributed by atoms with Crippen molar-refractivity contribution in [1.82, 2.24) is 4.90 Å². The molecular formula is C23H30FN3O5. The number of anilines is 2. The molecule has 5 aliphatic rings. The van der Waals surface area contributed by atoms with Crippen LogP contribution in [-0.2, 0) is 14.2 Å². The average molecular weight is 448 g/mol. The van der Waals surface area contributed by atoms with Gasteiger partial charge in [0.2, 0.25) is 0 Å². The number of amides is 2. The number of hydrogen-bond acceptors (Lipinski definition) is 6. The molecule has 8 nitrogen and oxygen atoms in total. The molecule has 1 saturated carbocycles. The largest absolute Gasteiger partial charge is 0.450 e. The van der Waals surface area contributed by atoms with Gasteiger partial charge in [-0.25, -0.2) is 14.0 Å². The standard InChI is InChI=1S/C23H30FN3O5/c1-2-30-22(28)25-15-5-6-20(19(24)11-15)26-7-3-4-17(13-26)32-23(29)27-16-8-14-9-18(12-16)31-21(27)10-14/h5-6,11,14,16-18,21H,2-4,7-10,12-13H2,1H3,(H,25,28). The van der Waals surface area contributed by atoms with Crippen molar-refractivity contribution < 1.29 is 28.2 Å². The molecule has 4 saturated heterocycles. The van der Waals surface area contributed by atoms with Gasteiger partial charge in [0.1, 0.15) is 18.1 Å². The lowest BCUT2D eigenvalue weighted by molar-refractivity contribution is -0.220. The van der Waals surface area contributed by atoms with Gasteiger partial charge in [-0.15, -0.1) is 0 Å². The van der Waals surface area contributed by atoms with E-state index in [-0.39, 0.29) is 37.2 Å². The van der Waals surface area contributed by atoms with E-state index >= 15 is 0 Å². The fraction of sp³-hybridized carbons (Fsp3) is 0.652. The lowest BCUT2D eigenvalue weighted by Crippen LogP contribution is -2.63. The second-order valence-electron chi connectivity index (χ2n) is 9.19. The highest BCUT2D eigenvalue weighted by Gasteiger charge is 2.50. The molecule has 4 heterocycles. The smallest absolute Gasteiger partial charge is 0.412 e. The van der Waals surface area contributed by atoms with E-state index in [1.807, 2.05) is 9.80 Å². The summed E-state index contributed by atoms with van der Waals surface area (Å²) in [5, 5.41) is 2.50. The van der Waals surface area contributed by atoms with Crippen molar-refractivity contribution in [2.75, 3.05) is 29.9 Å². The van der Waals surface area contributed by atoms with Gasteiger partial charge in [-0.05, 0) is 69.6 Å². The summed E-state index contributed by atoms with van der Waals surface area (Å²) >= 11 is 0. The molecular weight excluding hydrogens is 417 g/mol. The van der Waals surface area contributed by atoms with E-state index in [2.05, 4.69) is 5.32 Å². The molecule has 1 aromatic rings. The maximum Gasteiger partial charge on any atom is 0.412 e. The van der Waals surface area contributed by atoms with Crippen LogP contribution < -0.4 is 10.2 Å². The van der Waals surface area contributed by atoms with Gasteiger partial charge < -0.3 is 19.1 Å². The van der Waals surface area contributed by atoms with Gasteiger partial charge in [0.05, 0.1) is 24.9 Å². The Hall–Kier alpha value is -2.55. The number of carbonyl (C=O) groups is 2. The molecule has 32 heavy (non-hydrogen) atoms. The van der Waals surface area contributed by atoms with Gasteiger partial charge in [-0.1, -0.05) is 0 Å². The zero-order valence-electron chi connectivity index (χ0n) is 18.3. The number of halogens is 1. The summed E-state index contributed by atoms with van der Waals surface area (Å²) in [6.45, 7) is 3.06. The van der Waals surface area contributed by atoms with E-state index in [0.29, 0.717) is 30.4 Å². The van der Waals surface area contributed by atoms with E-state index in [1.165, 1.54) is 6.07 Å². The lowest BCUT2D eigenvalue weighted by atomic mass is 9.75. The number of rotatable bonds is 4. The van der Waals surface area contributed by atoms with Crippen LogP contribution in [0.5, 0.6) is 0 Å². The number of benzene rings is 1. The van der Waals surface area contributed by atoms with Crippen LogP contribution >= 0.6 is 0 Å². The Labute approximate surface area is 187 Å². The summed E-state index contributed by atoms with van der Waals surface area (Å²) in [5.41, 5.74) is 0.762. The molecule has 5 fully saturated rings. The molecule has 6 rings (SSSR count). The number of hydrogen-bond donors (Lipinski definition) is 1. The number of piperidine rings is 2. The highest BCUT2D eigenvalue weighted by molar-refractivity contribution is 5.84. The second-order valence-corrected chi connectivity index (χ2v) is 9.19. The van der Waals surface area contributed by atoms with Crippen LogP contribution in [0, 0.1) is 11.7 Å². The summed E-state index contributed by atoms with van der Waals surface area (Å²) in [4.78, 5) is 28.2. The summed E-state index contributed by atoms with van der Waals surface area (Å²) in [7, 11) is 0. The maximum absolute atomic E-state index is 14.8. The number of nitrogens with one attached hydrogen (secondary N) is 1. The fourth-order valence-corrected chi connectivity index (χ4v) is 5.71. The van der Waals surface area contributed by atoms with E-state index in [0.717, 1.165) is 38.5 Å². The number of carbonyl (C=O) groups excluding carboxylic acids is 2. The molecule has 5 atom stereocenters. The Morgan fingerprint density at radius 3 is 2.88 bits per heavy atom. The van der Waals surface area contributed by atoms with Crippen LogP contribution in [0.3, 0.4) is 0 Å². The van der Waals surface area contributed by atoms with Crippen LogP contribution in [0.1, 0.15) is 45.4 Å². The van der Waals surface area contributed by atoms with Crippen LogP contribution in [0.15, 0.2) is 18.2 Å². The first-order valence-corrected chi connectivity index (χ1v) is 11.6. The zero-order valence-corrected chi connectivity index (χ0v) is 18.3. The third-order valence-electron chi connectivity index (χ3n) is 6.99. The van der Waals surface area contributed by atoms with Crippen molar-refractivity contribution in [3.05, 3.63) is 24.0 Å². The predicted molar refractivity (Wildman–Crippen MR) is 115 cm³/mol. The predicted octanol–water partition coefficient (Wildman–Crippen LogP) is 4.10. The van der Waals surface area contributed by atoms with Crippen molar-refractivity contribution in [1.29, 1.82) is 0 Å². The number of nitrogens with zero attached hydrogens (tertiary/aromatic N) is 2. The summed E-state index contributed by atoms with van der Waals surface area (Å²) in [6.07, 6.45) is 4.42. The monoisotopic (exact) mass is 447 g/mol. The van der Waals surface area contributed by atoms with Gasteiger partial charge in [0, 0.05) is 18.3 Å². The molecule has 174 valence electrons. The Kier molecular flexibility index (Phi) is 5.84. The van der Waals surface area contributed by atoms with E-state index < -0.39 is 11.9 Å². The van der Waals surface area contributed by atoms with Gasteiger partial charge in [-0.3, -0.25) is 10.2 Å². The summed E-state index contributed by atoms with van der Waals surface area (Å²) in [6, 6.07) is 4.77. The van der Waals surface area contributed by atoms with Gasteiger partial charge >= 0.3 is 12.2 Å². The minimum Gasteiger partial charge on any atom is -0.450 e. The van der Waals surface area contributed by atoms with Crippen LogP contribution in [0.4, 0.5) is 25.4 Å². The molecule has 2 amide bonds. The van der Waals surface area contributed by atoms with E-state index in [1.54, 1.807) is 19.1 Å². The van der Waals surface area contributed by atoms with Gasteiger partial charge in [-0.2, -0.15) is 0 Å². The number of ether oxygens (including phenoxy) is 3. The topological polar surface area (TPSA) is 80.3 Å². The van der Waals surface area contributed by atoms with Crippen LogP contribution in [-0.4, -0.2) is 61.3 Å². The minimum atomic E-state index is -0.617. The van der Waals surface area contributed by atoms with Crippen molar-refractivity contribution in [2.45, 2.75) is 69.9 Å². The normalized spacial score (nSPS) is 30.9. The first kappa shape index (κ1) is 21.3. The van der Waals surface area contributed by atoms with Crippen LogP contribution in [0.25, 0.3) is 0 Å². The molecule has 0 aromatic heterocycles. The molecule has 9 heteroatoms. The van der Waals surface area contributed by atoms with E-state index in [4.69, 9.17) is 14.2 Å². The Morgan fingerprint density at radius 2 is 2.12 bits per heavy atom. The average Bonchev–Trinajstić information content (AvgIpc) is 2.73. The first-order chi connectivity index (χ1) is 15.5. The molecule has 1 aliphatic carbocycles. The first-order valence-electron chi connectivity index (χ1n) is 11.6. The van der Waals surface area contributed by atoms with Gasteiger partial charge in [0.25, 0.3) is 0 Å². The molecule has 5 unspecified atom stereocenters. The molecule has 0 radical (unpaired) electrons. The molecule has 4 bridgehead atoms. The minimum absolute atomic E-state index is 0.157. The summed E-state index contributed by atoms with van der Waals surface area (Å²) < 4.78 is 31.5. The molecule has 0 spiro atoms. The van der Waals surface area contributed by atoms with Gasteiger partial charge in [0.15, 0.2) is 0 Å². The van der Waals surface area contributed by atoms with Crippen molar-refractivity contribution >= 4 is 23.6 Å². The SMILES string of the molecule is CCOC(=O)Nc1ccc(N2CCCC(OC(=O)N3C4CC5CC(C4)OC3C5)C2)c(F)c1. The summed E-state index contributed by atoms with van der Waals surface area (Å²) in [5.74, 6) is 0.223. The van der Waals surface area contributed by atoms with Crippen molar-refractivity contribution in [3.63, 3.8) is 0 Å². The lowest BCUT2D eigenvalue weighted by Gasteiger charge is -2.55. The molecule has 4 aliphatic heterocycles. The van der Waals surface area contributed by atoms with Crippen molar-refractivity contribution in [3.8, 4) is 0 Å². The fourth-order valence-electron chi connectivity index (χ4n) is 5.71. The second kappa shape index (κ2) is 8.77. The van der Waals surface area contributed by atoms with Crippen molar-refractivity contribution in [2.24, 2.45) is 5.92 Å². The Morgan fingerprint density at radius 1 is 1.25 bits per heavy atom. The van der Waals surface area contributed by atoms with E-state index in [9.17, 15) is 14.0 Å². The zero-order chi connectivity index (χ0) is 22.2. The Balaban J connectivity index is 1.20. The quantitative estimate of drug-likeness (QED) is 0.749. The molecule has 1 N–H and O–H groups in total. The highest BCUT2D eigenvalue weighted by Crippen LogP contribution is 2.45. The molecule has 1 aromatic carbocycles.